The molecule has 1 saturated carbocycles. The summed E-state index contributed by atoms with van der Waals surface area (Å²) in [6.07, 6.45) is 9.66. The minimum absolute atomic E-state index is 0.0609. The number of hydrogen-bond acceptors (Lipinski definition) is 5. The molecule has 182 valence electrons. The van der Waals surface area contributed by atoms with Crippen LogP contribution in [0.1, 0.15) is 73.1 Å². The Morgan fingerprint density at radius 3 is 2.40 bits per heavy atom. The van der Waals surface area contributed by atoms with Crippen molar-refractivity contribution in [1.29, 1.82) is 0 Å². The number of likely N-dealkylation sites (tertiary alicyclic amines) is 1. The summed E-state index contributed by atoms with van der Waals surface area (Å²) in [4.78, 5) is 27.0. The topological polar surface area (TPSA) is 67.2 Å². The van der Waals surface area contributed by atoms with Gasteiger partial charge in [-0.3, -0.25) is 9.48 Å². The van der Waals surface area contributed by atoms with E-state index < -0.39 is 0 Å². The molecule has 2 atom stereocenters. The Morgan fingerprint density at radius 2 is 1.71 bits per heavy atom. The molecule has 3 aliphatic rings. The highest BCUT2D eigenvalue weighted by Gasteiger charge is 2.47. The van der Waals surface area contributed by atoms with E-state index in [-0.39, 0.29) is 11.3 Å². The second-order valence-electron chi connectivity index (χ2n) is 10.9. The van der Waals surface area contributed by atoms with Crippen molar-refractivity contribution in [2.45, 2.75) is 56.9 Å². The van der Waals surface area contributed by atoms with Crippen LogP contribution in [0.3, 0.4) is 0 Å². The van der Waals surface area contributed by atoms with E-state index in [2.05, 4.69) is 68.6 Å². The third-order valence-electron chi connectivity index (χ3n) is 8.37. The Labute approximate surface area is 207 Å². The summed E-state index contributed by atoms with van der Waals surface area (Å²) in [5, 5.41) is 4.85. The lowest BCUT2D eigenvalue weighted by molar-refractivity contribution is 0.0784. The van der Waals surface area contributed by atoms with Gasteiger partial charge in [0, 0.05) is 49.9 Å². The number of nitrogens with zero attached hydrogens (tertiary/aromatic N) is 6. The van der Waals surface area contributed by atoms with Gasteiger partial charge >= 0.3 is 0 Å². The minimum atomic E-state index is 0.0609. The van der Waals surface area contributed by atoms with Crippen LogP contribution in [-0.4, -0.2) is 56.7 Å². The predicted octanol–water partition coefficient (Wildman–Crippen LogP) is 4.44. The van der Waals surface area contributed by atoms with Crippen LogP contribution in [-0.2, 0) is 5.41 Å². The van der Waals surface area contributed by atoms with Crippen LogP contribution in [0.15, 0.2) is 55.0 Å². The third-order valence-corrected chi connectivity index (χ3v) is 8.37. The largest absolute Gasteiger partial charge is 0.341 e. The molecule has 1 amide bonds. The molecule has 3 aromatic rings. The summed E-state index contributed by atoms with van der Waals surface area (Å²) >= 11 is 0. The first kappa shape index (κ1) is 22.3. The van der Waals surface area contributed by atoms with Gasteiger partial charge in [-0.15, -0.1) is 0 Å². The molecule has 1 aromatic carbocycles. The molecule has 1 aliphatic carbocycles. The number of piperidine rings is 1. The number of anilines is 1. The van der Waals surface area contributed by atoms with Crippen LogP contribution in [0, 0.1) is 5.92 Å². The van der Waals surface area contributed by atoms with Gasteiger partial charge in [-0.25, -0.2) is 9.97 Å². The van der Waals surface area contributed by atoms with Gasteiger partial charge in [0.1, 0.15) is 0 Å². The summed E-state index contributed by atoms with van der Waals surface area (Å²) in [5.74, 6) is 1.79. The Balaban J connectivity index is 1.22. The Hall–Kier alpha value is -3.22. The number of benzene rings is 1. The molecule has 0 radical (unpaired) electrons. The Bertz CT molecular complexity index is 1180. The van der Waals surface area contributed by atoms with Crippen LogP contribution in [0.25, 0.3) is 0 Å². The smallest absolute Gasteiger partial charge is 0.257 e. The second-order valence-corrected chi connectivity index (χ2v) is 10.9. The highest BCUT2D eigenvalue weighted by Crippen LogP contribution is 2.50. The van der Waals surface area contributed by atoms with Crippen molar-refractivity contribution in [2.75, 3.05) is 31.1 Å². The van der Waals surface area contributed by atoms with Crippen molar-refractivity contribution in [3.63, 3.8) is 0 Å². The van der Waals surface area contributed by atoms with E-state index in [0.29, 0.717) is 17.9 Å². The molecule has 7 nitrogen and oxygen atoms in total. The SMILES string of the molecule is CC1CN(C(=O)c2cnn(C3CCN(c4ncccn4)CC3)c2C2(C)CC2)CC1c1ccccc1. The van der Waals surface area contributed by atoms with Gasteiger partial charge in [0.2, 0.25) is 5.95 Å². The number of hydrogen-bond donors (Lipinski definition) is 0. The van der Waals surface area contributed by atoms with Gasteiger partial charge in [0.15, 0.2) is 0 Å². The summed E-state index contributed by atoms with van der Waals surface area (Å²) in [5.41, 5.74) is 3.37. The number of carbonyl (C=O) groups excluding carboxylic acids is 1. The molecule has 2 unspecified atom stereocenters. The molecule has 0 N–H and O–H groups in total. The fourth-order valence-corrected chi connectivity index (χ4v) is 6.02. The zero-order valence-corrected chi connectivity index (χ0v) is 20.7. The van der Waals surface area contributed by atoms with Gasteiger partial charge in [0.25, 0.3) is 5.91 Å². The molecule has 7 heteroatoms. The number of amides is 1. The molecular formula is C28H34N6O. The lowest BCUT2D eigenvalue weighted by atomic mass is 9.90. The molecule has 6 rings (SSSR count). The predicted molar refractivity (Wildman–Crippen MR) is 136 cm³/mol. The van der Waals surface area contributed by atoms with Crippen molar-refractivity contribution < 1.29 is 4.79 Å². The monoisotopic (exact) mass is 470 g/mol. The van der Waals surface area contributed by atoms with E-state index in [0.717, 1.165) is 69.1 Å². The fourth-order valence-electron chi connectivity index (χ4n) is 6.02. The molecule has 0 bridgehead atoms. The maximum absolute atomic E-state index is 13.8. The average Bonchev–Trinajstić information content (AvgIpc) is 3.30. The van der Waals surface area contributed by atoms with Crippen LogP contribution in [0.5, 0.6) is 0 Å². The molecule has 4 heterocycles. The quantitative estimate of drug-likeness (QED) is 0.551. The van der Waals surface area contributed by atoms with Gasteiger partial charge in [-0.05, 0) is 43.2 Å². The standard InChI is InChI=1S/C28H34N6O/c1-20-18-33(19-24(20)21-7-4-3-5-8-21)26(35)23-17-31-34(25(23)28(2)11-12-28)22-9-15-32(16-10-22)27-29-13-6-14-30-27/h3-8,13-14,17,20,22,24H,9-12,15-16,18-19H2,1-2H3. The first-order chi connectivity index (χ1) is 17.0. The molecule has 35 heavy (non-hydrogen) atoms. The normalized spacial score (nSPS) is 24.1. The summed E-state index contributed by atoms with van der Waals surface area (Å²) < 4.78 is 2.21. The molecule has 2 saturated heterocycles. The number of rotatable bonds is 5. The molecule has 2 aromatic heterocycles. The van der Waals surface area contributed by atoms with Gasteiger partial charge in [-0.2, -0.15) is 5.10 Å². The first-order valence-corrected chi connectivity index (χ1v) is 13.0. The van der Waals surface area contributed by atoms with Crippen molar-refractivity contribution in [1.82, 2.24) is 24.6 Å². The molecule has 2 aliphatic heterocycles. The number of carbonyl (C=O) groups is 1. The van der Waals surface area contributed by atoms with Crippen LogP contribution in [0.2, 0.25) is 0 Å². The van der Waals surface area contributed by atoms with E-state index >= 15 is 0 Å². The second kappa shape index (κ2) is 8.77. The van der Waals surface area contributed by atoms with Crippen molar-refractivity contribution in [3.8, 4) is 0 Å². The number of aromatic nitrogens is 4. The summed E-state index contributed by atoms with van der Waals surface area (Å²) in [7, 11) is 0. The van der Waals surface area contributed by atoms with Gasteiger partial charge in [0.05, 0.1) is 23.5 Å². The first-order valence-electron chi connectivity index (χ1n) is 13.0. The van der Waals surface area contributed by atoms with Crippen LogP contribution < -0.4 is 4.90 Å². The average molecular weight is 471 g/mol. The third kappa shape index (κ3) is 4.11. The Kier molecular flexibility index (Phi) is 5.58. The van der Waals surface area contributed by atoms with E-state index in [1.165, 1.54) is 5.56 Å². The van der Waals surface area contributed by atoms with Gasteiger partial charge in [-0.1, -0.05) is 44.2 Å². The maximum atomic E-state index is 13.8. The zero-order valence-electron chi connectivity index (χ0n) is 20.7. The van der Waals surface area contributed by atoms with Crippen LogP contribution in [0.4, 0.5) is 5.95 Å². The van der Waals surface area contributed by atoms with E-state index in [4.69, 9.17) is 5.10 Å². The maximum Gasteiger partial charge on any atom is 0.257 e. The highest BCUT2D eigenvalue weighted by atomic mass is 16.2. The summed E-state index contributed by atoms with van der Waals surface area (Å²) in [6, 6.07) is 12.8. The molecule has 0 spiro atoms. The van der Waals surface area contributed by atoms with Crippen molar-refractivity contribution in [2.24, 2.45) is 5.92 Å². The highest BCUT2D eigenvalue weighted by molar-refractivity contribution is 5.96. The van der Waals surface area contributed by atoms with Crippen molar-refractivity contribution in [3.05, 3.63) is 71.8 Å². The summed E-state index contributed by atoms with van der Waals surface area (Å²) in [6.45, 7) is 7.94. The van der Waals surface area contributed by atoms with Gasteiger partial charge < -0.3 is 9.80 Å². The molecular weight excluding hydrogens is 436 g/mol. The lowest BCUT2D eigenvalue weighted by Gasteiger charge is -2.33. The molecule has 3 fully saturated rings. The minimum Gasteiger partial charge on any atom is -0.341 e. The van der Waals surface area contributed by atoms with E-state index in [1.54, 1.807) is 12.4 Å². The lowest BCUT2D eigenvalue weighted by Crippen LogP contribution is -2.37. The van der Waals surface area contributed by atoms with Crippen molar-refractivity contribution >= 4 is 11.9 Å². The zero-order chi connectivity index (χ0) is 24.0. The van der Waals surface area contributed by atoms with E-state index in [9.17, 15) is 4.79 Å². The van der Waals surface area contributed by atoms with E-state index in [1.807, 2.05) is 12.3 Å². The van der Waals surface area contributed by atoms with Crippen LogP contribution >= 0.6 is 0 Å². The fraction of sp³-hybridized carbons (Fsp3) is 0.500. The Morgan fingerprint density at radius 1 is 1.00 bits per heavy atom.